The smallest absolute Gasteiger partial charge is 0.261 e. The molecule has 0 spiro atoms. The van der Waals surface area contributed by atoms with Gasteiger partial charge in [-0.1, -0.05) is 42.8 Å². The number of hydrogen-bond acceptors (Lipinski definition) is 2. The Morgan fingerprint density at radius 1 is 1.04 bits per heavy atom. The van der Waals surface area contributed by atoms with Crippen LogP contribution in [0.5, 0.6) is 5.75 Å². The number of aryl methyl sites for hydroxylation is 4. The molecule has 1 amide bonds. The SMILES string of the molecule is CC[C@H](Oc1cc(C)cc(C)c1)C(=O)NCCCc1cccc(C)c1. The number of benzene rings is 2. The first-order valence-corrected chi connectivity index (χ1v) is 9.06. The third-order valence-electron chi connectivity index (χ3n) is 4.16. The number of hydrogen-bond donors (Lipinski definition) is 1. The molecule has 25 heavy (non-hydrogen) atoms. The second-order valence-corrected chi connectivity index (χ2v) is 6.72. The zero-order valence-corrected chi connectivity index (χ0v) is 15.8. The van der Waals surface area contributed by atoms with Gasteiger partial charge in [-0.15, -0.1) is 0 Å². The monoisotopic (exact) mass is 339 g/mol. The fraction of sp³-hybridized carbons (Fsp3) is 0.409. The van der Waals surface area contributed by atoms with Crippen molar-refractivity contribution in [3.8, 4) is 5.75 Å². The summed E-state index contributed by atoms with van der Waals surface area (Å²) in [7, 11) is 0. The standard InChI is InChI=1S/C22H29NO2/c1-5-21(25-20-14-17(3)12-18(4)15-20)22(24)23-11-7-10-19-9-6-8-16(2)13-19/h6,8-9,12-15,21H,5,7,10-11H2,1-4H3,(H,23,24)/t21-/m0/s1. The van der Waals surface area contributed by atoms with Crippen LogP contribution in [0.4, 0.5) is 0 Å². The maximum Gasteiger partial charge on any atom is 0.261 e. The van der Waals surface area contributed by atoms with E-state index in [4.69, 9.17) is 4.74 Å². The summed E-state index contributed by atoms with van der Waals surface area (Å²) in [6, 6.07) is 14.5. The van der Waals surface area contributed by atoms with Crippen molar-refractivity contribution in [3.63, 3.8) is 0 Å². The van der Waals surface area contributed by atoms with E-state index in [1.165, 1.54) is 11.1 Å². The van der Waals surface area contributed by atoms with Crippen molar-refractivity contribution < 1.29 is 9.53 Å². The van der Waals surface area contributed by atoms with Crippen LogP contribution in [0.1, 0.15) is 42.0 Å². The van der Waals surface area contributed by atoms with Gasteiger partial charge in [0.05, 0.1) is 0 Å². The Bertz CT molecular complexity index is 689. The molecule has 3 heteroatoms. The Labute approximate surface area is 151 Å². The summed E-state index contributed by atoms with van der Waals surface area (Å²) in [4.78, 5) is 12.4. The highest BCUT2D eigenvalue weighted by Gasteiger charge is 2.18. The van der Waals surface area contributed by atoms with Crippen molar-refractivity contribution >= 4 is 5.91 Å². The summed E-state index contributed by atoms with van der Waals surface area (Å²) in [5.41, 5.74) is 4.87. The van der Waals surface area contributed by atoms with Crippen LogP contribution in [0.25, 0.3) is 0 Å². The van der Waals surface area contributed by atoms with E-state index in [1.54, 1.807) is 0 Å². The molecule has 0 aliphatic rings. The number of nitrogens with one attached hydrogen (secondary N) is 1. The van der Waals surface area contributed by atoms with Crippen molar-refractivity contribution in [1.29, 1.82) is 0 Å². The molecule has 0 heterocycles. The first-order valence-electron chi connectivity index (χ1n) is 9.06. The highest BCUT2D eigenvalue weighted by molar-refractivity contribution is 5.81. The van der Waals surface area contributed by atoms with E-state index >= 15 is 0 Å². The molecule has 0 unspecified atom stereocenters. The molecule has 134 valence electrons. The van der Waals surface area contributed by atoms with Crippen LogP contribution in [0, 0.1) is 20.8 Å². The maximum absolute atomic E-state index is 12.4. The largest absolute Gasteiger partial charge is 0.481 e. The molecule has 0 fully saturated rings. The fourth-order valence-corrected chi connectivity index (χ4v) is 2.97. The number of ether oxygens (including phenoxy) is 1. The Hall–Kier alpha value is -2.29. The summed E-state index contributed by atoms with van der Waals surface area (Å²) in [5.74, 6) is 0.727. The third-order valence-corrected chi connectivity index (χ3v) is 4.16. The minimum Gasteiger partial charge on any atom is -0.481 e. The van der Waals surface area contributed by atoms with Crippen molar-refractivity contribution in [2.45, 2.75) is 53.1 Å². The van der Waals surface area contributed by atoms with Crippen LogP contribution in [-0.4, -0.2) is 18.6 Å². The molecule has 0 radical (unpaired) electrons. The van der Waals surface area contributed by atoms with Crippen molar-refractivity contribution in [2.75, 3.05) is 6.54 Å². The van der Waals surface area contributed by atoms with Crippen molar-refractivity contribution in [1.82, 2.24) is 5.32 Å². The molecule has 0 aliphatic carbocycles. The lowest BCUT2D eigenvalue weighted by atomic mass is 10.1. The summed E-state index contributed by atoms with van der Waals surface area (Å²) in [6.45, 7) is 8.80. The molecule has 2 rings (SSSR count). The normalized spacial score (nSPS) is 11.8. The van der Waals surface area contributed by atoms with Gasteiger partial charge in [-0.2, -0.15) is 0 Å². The Balaban J connectivity index is 1.81. The van der Waals surface area contributed by atoms with Crippen LogP contribution in [0.15, 0.2) is 42.5 Å². The predicted octanol–water partition coefficient (Wildman–Crippen LogP) is 4.52. The van der Waals surface area contributed by atoms with Crippen LogP contribution >= 0.6 is 0 Å². The van der Waals surface area contributed by atoms with Gasteiger partial charge in [-0.05, 0) is 68.9 Å². The summed E-state index contributed by atoms with van der Waals surface area (Å²) in [6.07, 6.45) is 2.10. The second-order valence-electron chi connectivity index (χ2n) is 6.72. The fourth-order valence-electron chi connectivity index (χ4n) is 2.97. The van der Waals surface area contributed by atoms with Crippen LogP contribution in [-0.2, 0) is 11.2 Å². The van der Waals surface area contributed by atoms with E-state index in [0.717, 1.165) is 29.7 Å². The molecule has 0 aliphatic heterocycles. The molecule has 0 saturated heterocycles. The average molecular weight is 339 g/mol. The lowest BCUT2D eigenvalue weighted by Crippen LogP contribution is -2.38. The highest BCUT2D eigenvalue weighted by Crippen LogP contribution is 2.18. The molecule has 0 aromatic heterocycles. The topological polar surface area (TPSA) is 38.3 Å². The van der Waals surface area contributed by atoms with Crippen molar-refractivity contribution in [2.24, 2.45) is 0 Å². The number of carbonyl (C=O) groups is 1. The van der Waals surface area contributed by atoms with Gasteiger partial charge in [-0.3, -0.25) is 4.79 Å². The quantitative estimate of drug-likeness (QED) is 0.718. The highest BCUT2D eigenvalue weighted by atomic mass is 16.5. The number of rotatable bonds is 8. The number of amides is 1. The van der Waals surface area contributed by atoms with E-state index in [0.29, 0.717) is 13.0 Å². The van der Waals surface area contributed by atoms with E-state index in [-0.39, 0.29) is 5.91 Å². The second kappa shape index (κ2) is 9.26. The van der Waals surface area contributed by atoms with Gasteiger partial charge in [0.15, 0.2) is 6.10 Å². The van der Waals surface area contributed by atoms with E-state index in [2.05, 4.69) is 42.6 Å². The molecule has 0 saturated carbocycles. The van der Waals surface area contributed by atoms with Crippen LogP contribution in [0.2, 0.25) is 0 Å². The molecule has 3 nitrogen and oxygen atoms in total. The zero-order chi connectivity index (χ0) is 18.2. The third kappa shape index (κ3) is 6.26. The van der Waals surface area contributed by atoms with Gasteiger partial charge in [-0.25, -0.2) is 0 Å². The average Bonchev–Trinajstić information content (AvgIpc) is 2.55. The van der Waals surface area contributed by atoms with Crippen LogP contribution < -0.4 is 10.1 Å². The molecular formula is C22H29NO2. The van der Waals surface area contributed by atoms with Crippen molar-refractivity contribution in [3.05, 3.63) is 64.7 Å². The minimum atomic E-state index is -0.444. The molecule has 1 N–H and O–H groups in total. The zero-order valence-electron chi connectivity index (χ0n) is 15.8. The first kappa shape index (κ1) is 19.0. The van der Waals surface area contributed by atoms with Gasteiger partial charge in [0.2, 0.25) is 0 Å². The molecule has 0 bridgehead atoms. The van der Waals surface area contributed by atoms with Crippen LogP contribution in [0.3, 0.4) is 0 Å². The van der Waals surface area contributed by atoms with E-state index in [9.17, 15) is 4.79 Å². The van der Waals surface area contributed by atoms with E-state index in [1.807, 2.05) is 32.9 Å². The summed E-state index contributed by atoms with van der Waals surface area (Å²) in [5, 5.41) is 3.00. The number of carbonyl (C=O) groups excluding carboxylic acids is 1. The lowest BCUT2D eigenvalue weighted by molar-refractivity contribution is -0.128. The Morgan fingerprint density at radius 2 is 1.76 bits per heavy atom. The maximum atomic E-state index is 12.4. The van der Waals surface area contributed by atoms with Gasteiger partial charge in [0.25, 0.3) is 5.91 Å². The first-order chi connectivity index (χ1) is 12.0. The molecular weight excluding hydrogens is 310 g/mol. The molecule has 1 atom stereocenters. The van der Waals surface area contributed by atoms with Gasteiger partial charge >= 0.3 is 0 Å². The van der Waals surface area contributed by atoms with E-state index < -0.39 is 6.10 Å². The summed E-state index contributed by atoms with van der Waals surface area (Å²) < 4.78 is 5.91. The Morgan fingerprint density at radius 3 is 2.40 bits per heavy atom. The van der Waals surface area contributed by atoms with Gasteiger partial charge in [0, 0.05) is 6.54 Å². The minimum absolute atomic E-state index is 0.0362. The molecule has 2 aromatic rings. The lowest BCUT2D eigenvalue weighted by Gasteiger charge is -2.18. The molecule has 2 aromatic carbocycles. The van der Waals surface area contributed by atoms with Gasteiger partial charge < -0.3 is 10.1 Å². The Kier molecular flexibility index (Phi) is 7.05. The van der Waals surface area contributed by atoms with Gasteiger partial charge in [0.1, 0.15) is 5.75 Å². The summed E-state index contributed by atoms with van der Waals surface area (Å²) >= 11 is 0. The predicted molar refractivity (Wildman–Crippen MR) is 103 cm³/mol.